The molecule has 100 valence electrons. The van der Waals surface area contributed by atoms with Crippen LogP contribution in [0, 0.1) is 0 Å². The second-order valence-electron chi connectivity index (χ2n) is 4.19. The van der Waals surface area contributed by atoms with Crippen LogP contribution in [0.15, 0.2) is 24.3 Å². The summed E-state index contributed by atoms with van der Waals surface area (Å²) >= 11 is 0. The van der Waals surface area contributed by atoms with Gasteiger partial charge in [0.1, 0.15) is 12.3 Å². The number of amides is 1. The lowest BCUT2D eigenvalue weighted by molar-refractivity contribution is -0.143. The van der Waals surface area contributed by atoms with Gasteiger partial charge in [-0.15, -0.1) is 0 Å². The van der Waals surface area contributed by atoms with Gasteiger partial charge in [0.2, 0.25) is 0 Å². The summed E-state index contributed by atoms with van der Waals surface area (Å²) in [5.74, 6) is -0.908. The quantitative estimate of drug-likeness (QED) is 0.908. The highest BCUT2D eigenvalue weighted by Gasteiger charge is 2.34. The van der Waals surface area contributed by atoms with E-state index >= 15 is 0 Å². The molecule has 0 atom stereocenters. The van der Waals surface area contributed by atoms with Crippen molar-refractivity contribution in [1.29, 1.82) is 0 Å². The Hall–Kier alpha value is -1.72. The fraction of sp³-hybridized carbons (Fsp3) is 0.417. The first-order valence-corrected chi connectivity index (χ1v) is 5.37. The van der Waals surface area contributed by atoms with Gasteiger partial charge in [0, 0.05) is 11.6 Å². The van der Waals surface area contributed by atoms with Gasteiger partial charge >= 0.3 is 6.18 Å². The summed E-state index contributed by atoms with van der Waals surface area (Å²) in [6.45, 7) is 1.71. The molecule has 1 aromatic rings. The number of carbonyl (C=O) groups excluding carboxylic acids is 1. The normalized spacial score (nSPS) is 11.7. The third-order valence-electron chi connectivity index (χ3n) is 2.33. The Kier molecular flexibility index (Phi) is 4.21. The second-order valence-corrected chi connectivity index (χ2v) is 4.19. The Morgan fingerprint density at radius 1 is 1.39 bits per heavy atom. The molecule has 0 aliphatic carbocycles. The molecule has 0 bridgehead atoms. The number of phenols is 1. The third kappa shape index (κ3) is 3.94. The first-order valence-electron chi connectivity index (χ1n) is 5.37. The van der Waals surface area contributed by atoms with Crippen molar-refractivity contribution in [3.05, 3.63) is 29.8 Å². The molecule has 1 amide bonds. The van der Waals surface area contributed by atoms with Crippen LogP contribution in [0.2, 0.25) is 0 Å². The molecule has 0 saturated heterocycles. The van der Waals surface area contributed by atoms with Crippen LogP contribution in [0.4, 0.5) is 13.2 Å². The van der Waals surface area contributed by atoms with E-state index in [0.29, 0.717) is 0 Å². The fourth-order valence-corrected chi connectivity index (χ4v) is 1.49. The molecule has 0 unspecified atom stereocenters. The van der Waals surface area contributed by atoms with Crippen LogP contribution < -0.4 is 0 Å². The number of aromatic hydroxyl groups is 1. The Bertz CT molecular complexity index is 430. The van der Waals surface area contributed by atoms with Crippen LogP contribution in [0.5, 0.6) is 5.75 Å². The molecule has 0 aromatic heterocycles. The highest BCUT2D eigenvalue weighted by molar-refractivity contribution is 5.94. The van der Waals surface area contributed by atoms with E-state index in [4.69, 9.17) is 0 Å². The van der Waals surface area contributed by atoms with E-state index in [1.165, 1.54) is 32.0 Å². The molecule has 1 rings (SSSR count). The molecule has 0 fully saturated rings. The average molecular weight is 261 g/mol. The number of alkyl halides is 3. The summed E-state index contributed by atoms with van der Waals surface area (Å²) in [6, 6.07) is 4.69. The number of rotatable bonds is 3. The van der Waals surface area contributed by atoms with Gasteiger partial charge in [0.05, 0.1) is 0 Å². The van der Waals surface area contributed by atoms with E-state index in [1.54, 1.807) is 0 Å². The predicted molar refractivity (Wildman–Crippen MR) is 60.3 cm³/mol. The molecule has 1 aromatic carbocycles. The molecular weight excluding hydrogens is 247 g/mol. The van der Waals surface area contributed by atoms with Crippen LogP contribution >= 0.6 is 0 Å². The van der Waals surface area contributed by atoms with Crippen molar-refractivity contribution < 1.29 is 23.1 Å². The zero-order valence-corrected chi connectivity index (χ0v) is 10.0. The Balaban J connectivity index is 2.97. The maximum Gasteiger partial charge on any atom is 0.406 e. The van der Waals surface area contributed by atoms with Gasteiger partial charge in [0.15, 0.2) is 0 Å². The van der Waals surface area contributed by atoms with Gasteiger partial charge in [0.25, 0.3) is 5.91 Å². The molecule has 0 heterocycles. The monoisotopic (exact) mass is 261 g/mol. The maximum atomic E-state index is 12.4. The van der Waals surface area contributed by atoms with Crippen LogP contribution in [0.25, 0.3) is 0 Å². The number of hydrogen-bond donors (Lipinski definition) is 1. The lowest BCUT2D eigenvalue weighted by Gasteiger charge is -2.27. The molecule has 6 heteroatoms. The van der Waals surface area contributed by atoms with E-state index in [-0.39, 0.29) is 11.3 Å². The number of carbonyl (C=O) groups is 1. The minimum atomic E-state index is -4.45. The Labute approximate surface area is 103 Å². The van der Waals surface area contributed by atoms with Crippen molar-refractivity contribution in [2.75, 3.05) is 6.54 Å². The van der Waals surface area contributed by atoms with Crippen molar-refractivity contribution in [2.45, 2.75) is 26.1 Å². The topological polar surface area (TPSA) is 40.5 Å². The minimum absolute atomic E-state index is 0.0351. The van der Waals surface area contributed by atoms with E-state index in [2.05, 4.69) is 0 Å². The van der Waals surface area contributed by atoms with E-state index in [9.17, 15) is 23.1 Å². The molecule has 3 nitrogen and oxygen atoms in total. The zero-order chi connectivity index (χ0) is 13.9. The summed E-state index contributed by atoms with van der Waals surface area (Å²) in [5.41, 5.74) is 0.0351. The number of nitrogens with zero attached hydrogens (tertiary/aromatic N) is 1. The molecule has 0 aliphatic heterocycles. The third-order valence-corrected chi connectivity index (χ3v) is 2.33. The predicted octanol–water partition coefficient (Wildman–Crippen LogP) is 2.81. The number of halogens is 3. The average Bonchev–Trinajstić information content (AvgIpc) is 2.23. The summed E-state index contributed by atoms with van der Waals surface area (Å²) < 4.78 is 37.1. The maximum absolute atomic E-state index is 12.4. The smallest absolute Gasteiger partial charge is 0.406 e. The summed E-state index contributed by atoms with van der Waals surface area (Å²) in [7, 11) is 0. The Morgan fingerprint density at radius 3 is 2.44 bits per heavy atom. The summed E-state index contributed by atoms with van der Waals surface area (Å²) in [5, 5.41) is 9.22. The van der Waals surface area contributed by atoms with Gasteiger partial charge in [-0.05, 0) is 32.0 Å². The van der Waals surface area contributed by atoms with Crippen LogP contribution in [0.1, 0.15) is 24.2 Å². The molecule has 18 heavy (non-hydrogen) atoms. The lowest BCUT2D eigenvalue weighted by atomic mass is 10.1. The molecule has 0 saturated carbocycles. The van der Waals surface area contributed by atoms with Crippen molar-refractivity contribution in [3.8, 4) is 5.75 Å². The molecule has 0 spiro atoms. The number of phenolic OH excluding ortho intramolecular Hbond substituents is 1. The molecule has 0 radical (unpaired) electrons. The second kappa shape index (κ2) is 5.29. The van der Waals surface area contributed by atoms with E-state index < -0.39 is 24.7 Å². The molecular formula is C12H14F3NO2. The van der Waals surface area contributed by atoms with Crippen molar-refractivity contribution in [1.82, 2.24) is 4.90 Å². The summed E-state index contributed by atoms with van der Waals surface area (Å²) in [4.78, 5) is 12.6. The lowest BCUT2D eigenvalue weighted by Crippen LogP contribution is -2.43. The highest BCUT2D eigenvalue weighted by atomic mass is 19.4. The van der Waals surface area contributed by atoms with E-state index in [1.807, 2.05) is 0 Å². The van der Waals surface area contributed by atoms with Crippen LogP contribution in [0.3, 0.4) is 0 Å². The SMILES string of the molecule is CC(C)N(CC(F)(F)F)C(=O)c1cccc(O)c1. The highest BCUT2D eigenvalue weighted by Crippen LogP contribution is 2.21. The first-order chi connectivity index (χ1) is 8.20. The largest absolute Gasteiger partial charge is 0.508 e. The van der Waals surface area contributed by atoms with Crippen molar-refractivity contribution >= 4 is 5.91 Å². The standard InChI is InChI=1S/C12H14F3NO2/c1-8(2)16(7-12(13,14)15)11(18)9-4-3-5-10(17)6-9/h3-6,8,17H,7H2,1-2H3. The number of benzene rings is 1. The molecule has 1 N–H and O–H groups in total. The van der Waals surface area contributed by atoms with Crippen LogP contribution in [-0.2, 0) is 0 Å². The number of hydrogen-bond acceptors (Lipinski definition) is 2. The summed E-state index contributed by atoms with van der Waals surface area (Å²) in [6.07, 6.45) is -4.45. The fourth-order valence-electron chi connectivity index (χ4n) is 1.49. The van der Waals surface area contributed by atoms with Crippen LogP contribution in [-0.4, -0.2) is 34.7 Å². The molecule has 0 aliphatic rings. The van der Waals surface area contributed by atoms with Gasteiger partial charge in [-0.2, -0.15) is 13.2 Å². The van der Waals surface area contributed by atoms with E-state index in [0.717, 1.165) is 11.0 Å². The van der Waals surface area contributed by atoms with Gasteiger partial charge in [-0.3, -0.25) is 4.79 Å². The van der Waals surface area contributed by atoms with Crippen molar-refractivity contribution in [2.24, 2.45) is 0 Å². The van der Waals surface area contributed by atoms with Gasteiger partial charge in [-0.1, -0.05) is 6.07 Å². The van der Waals surface area contributed by atoms with Gasteiger partial charge in [-0.25, -0.2) is 0 Å². The minimum Gasteiger partial charge on any atom is -0.508 e. The zero-order valence-electron chi connectivity index (χ0n) is 10.0. The van der Waals surface area contributed by atoms with Crippen molar-refractivity contribution in [3.63, 3.8) is 0 Å². The Morgan fingerprint density at radius 2 is 2.00 bits per heavy atom. The van der Waals surface area contributed by atoms with Gasteiger partial charge < -0.3 is 10.0 Å². The first kappa shape index (κ1) is 14.3.